The van der Waals surface area contributed by atoms with Crippen LogP contribution in [0.1, 0.15) is 0 Å². The summed E-state index contributed by atoms with van der Waals surface area (Å²) in [6, 6.07) is 5.50. The van der Waals surface area contributed by atoms with Crippen molar-refractivity contribution in [3.05, 3.63) is 30.1 Å². The quantitative estimate of drug-likeness (QED) is 0.457. The van der Waals surface area contributed by atoms with Crippen molar-refractivity contribution in [3.63, 3.8) is 0 Å². The van der Waals surface area contributed by atoms with Crippen LogP contribution in [0.4, 0.5) is 17.6 Å². The molecule has 0 radical (unpaired) electrons. The van der Waals surface area contributed by atoms with Gasteiger partial charge >= 0.3 is 6.18 Å². The second-order valence-corrected chi connectivity index (χ2v) is 4.98. The Morgan fingerprint density at radius 2 is 2.00 bits per heavy atom. The van der Waals surface area contributed by atoms with Crippen LogP contribution in [0.15, 0.2) is 29.2 Å². The predicted molar refractivity (Wildman–Crippen MR) is 55.9 cm³/mol. The molecular weight excluding hydrogens is 296 g/mol. The number of benzene rings is 1. The van der Waals surface area contributed by atoms with Crippen LogP contribution in [0.3, 0.4) is 0 Å². The SMILES string of the molecule is Fc1cccc(SCC(Br)C(F)(F)F)c1. The third-order valence-corrected chi connectivity index (χ3v) is 3.91. The molecule has 0 aliphatic heterocycles. The zero-order valence-electron chi connectivity index (χ0n) is 7.39. The molecule has 84 valence electrons. The number of hydrogen-bond donors (Lipinski definition) is 0. The van der Waals surface area contributed by atoms with E-state index in [1.54, 1.807) is 6.07 Å². The topological polar surface area (TPSA) is 0 Å². The zero-order valence-corrected chi connectivity index (χ0v) is 9.79. The van der Waals surface area contributed by atoms with Crippen molar-refractivity contribution in [1.82, 2.24) is 0 Å². The molecule has 0 N–H and O–H groups in total. The van der Waals surface area contributed by atoms with Gasteiger partial charge in [-0.2, -0.15) is 13.2 Å². The largest absolute Gasteiger partial charge is 0.402 e. The standard InChI is InChI=1S/C9H7BrF4S/c10-8(9(12,13)14)5-15-7-3-1-2-6(11)4-7/h1-4,8H,5H2. The fourth-order valence-electron chi connectivity index (χ4n) is 0.821. The number of alkyl halides is 4. The number of thioether (sulfide) groups is 1. The maximum atomic E-state index is 12.7. The maximum Gasteiger partial charge on any atom is 0.402 e. The fourth-order valence-corrected chi connectivity index (χ4v) is 2.12. The average molecular weight is 303 g/mol. The van der Waals surface area contributed by atoms with Gasteiger partial charge in [-0.05, 0) is 18.2 Å². The predicted octanol–water partition coefficient (Wildman–Crippen LogP) is 4.24. The summed E-state index contributed by atoms with van der Waals surface area (Å²) in [4.78, 5) is -1.08. The van der Waals surface area contributed by atoms with Gasteiger partial charge in [-0.1, -0.05) is 22.0 Å². The Labute approximate surface area is 97.2 Å². The summed E-state index contributed by atoms with van der Waals surface area (Å²) in [6.07, 6.45) is -4.26. The van der Waals surface area contributed by atoms with Crippen LogP contribution >= 0.6 is 27.7 Å². The van der Waals surface area contributed by atoms with E-state index in [1.807, 2.05) is 0 Å². The molecule has 0 bridgehead atoms. The van der Waals surface area contributed by atoms with Gasteiger partial charge in [-0.15, -0.1) is 11.8 Å². The normalized spacial score (nSPS) is 13.9. The second kappa shape index (κ2) is 5.21. The van der Waals surface area contributed by atoms with Gasteiger partial charge in [0, 0.05) is 10.6 Å². The molecule has 0 nitrogen and oxygen atoms in total. The Hall–Kier alpha value is -0.230. The first kappa shape index (κ1) is 12.8. The van der Waals surface area contributed by atoms with Crippen LogP contribution in [0.25, 0.3) is 0 Å². The first-order valence-electron chi connectivity index (χ1n) is 3.99. The molecule has 0 aromatic heterocycles. The second-order valence-electron chi connectivity index (χ2n) is 2.78. The minimum atomic E-state index is -4.26. The van der Waals surface area contributed by atoms with Crippen LogP contribution < -0.4 is 0 Å². The summed E-state index contributed by atoms with van der Waals surface area (Å²) >= 11 is 3.50. The molecule has 6 heteroatoms. The van der Waals surface area contributed by atoms with Crippen molar-refractivity contribution in [2.45, 2.75) is 15.9 Å². The molecule has 1 aromatic carbocycles. The first-order chi connectivity index (χ1) is 6.89. The summed E-state index contributed by atoms with van der Waals surface area (Å²) in [7, 11) is 0. The van der Waals surface area contributed by atoms with Crippen LogP contribution in [0, 0.1) is 5.82 Å². The summed E-state index contributed by atoms with van der Waals surface area (Å²) in [5, 5.41) is 0. The highest BCUT2D eigenvalue weighted by molar-refractivity contribution is 9.09. The lowest BCUT2D eigenvalue weighted by Gasteiger charge is -2.13. The minimum Gasteiger partial charge on any atom is -0.207 e. The van der Waals surface area contributed by atoms with Crippen LogP contribution in [0.5, 0.6) is 0 Å². The smallest absolute Gasteiger partial charge is 0.207 e. The lowest BCUT2D eigenvalue weighted by Crippen LogP contribution is -2.24. The lowest BCUT2D eigenvalue weighted by atomic mass is 10.4. The van der Waals surface area contributed by atoms with Crippen LogP contribution in [-0.2, 0) is 0 Å². The highest BCUT2D eigenvalue weighted by atomic mass is 79.9. The first-order valence-corrected chi connectivity index (χ1v) is 5.89. The van der Waals surface area contributed by atoms with Gasteiger partial charge in [0.05, 0.1) is 0 Å². The molecule has 1 atom stereocenters. The van der Waals surface area contributed by atoms with Gasteiger partial charge in [-0.25, -0.2) is 4.39 Å². The van der Waals surface area contributed by atoms with Crippen molar-refractivity contribution in [2.75, 3.05) is 5.75 Å². The number of hydrogen-bond acceptors (Lipinski definition) is 1. The van der Waals surface area contributed by atoms with Crippen molar-refractivity contribution in [3.8, 4) is 0 Å². The van der Waals surface area contributed by atoms with Gasteiger partial charge in [0.25, 0.3) is 0 Å². The van der Waals surface area contributed by atoms with E-state index in [0.717, 1.165) is 11.8 Å². The highest BCUT2D eigenvalue weighted by Crippen LogP contribution is 2.31. The highest BCUT2D eigenvalue weighted by Gasteiger charge is 2.37. The average Bonchev–Trinajstić information content (AvgIpc) is 2.12. The van der Waals surface area contributed by atoms with Gasteiger partial charge in [0.1, 0.15) is 10.6 Å². The molecule has 0 aliphatic carbocycles. The van der Waals surface area contributed by atoms with Gasteiger partial charge in [0.2, 0.25) is 0 Å². The number of halogens is 5. The molecule has 1 rings (SSSR count). The van der Waals surface area contributed by atoms with Crippen molar-refractivity contribution >= 4 is 27.7 Å². The van der Waals surface area contributed by atoms with E-state index in [9.17, 15) is 17.6 Å². The molecule has 0 fully saturated rings. The summed E-state index contributed by atoms with van der Waals surface area (Å²) < 4.78 is 49.0. The Bertz CT molecular complexity index is 326. The minimum absolute atomic E-state index is 0.174. The molecule has 0 aliphatic rings. The Balaban J connectivity index is 2.51. The van der Waals surface area contributed by atoms with E-state index in [4.69, 9.17) is 0 Å². The Kier molecular flexibility index (Phi) is 4.45. The molecule has 0 heterocycles. The van der Waals surface area contributed by atoms with E-state index in [-0.39, 0.29) is 5.75 Å². The van der Waals surface area contributed by atoms with Crippen molar-refractivity contribution < 1.29 is 17.6 Å². The molecule has 1 unspecified atom stereocenters. The molecular formula is C9H7BrF4S. The monoisotopic (exact) mass is 302 g/mol. The van der Waals surface area contributed by atoms with E-state index < -0.39 is 16.8 Å². The summed E-state index contributed by atoms with van der Waals surface area (Å²) in [6.45, 7) is 0. The maximum absolute atomic E-state index is 12.7. The Morgan fingerprint density at radius 3 is 2.53 bits per heavy atom. The Morgan fingerprint density at radius 1 is 1.33 bits per heavy atom. The van der Waals surface area contributed by atoms with Crippen LogP contribution in [-0.4, -0.2) is 16.8 Å². The molecule has 0 saturated heterocycles. The van der Waals surface area contributed by atoms with Crippen molar-refractivity contribution in [1.29, 1.82) is 0 Å². The van der Waals surface area contributed by atoms with Gasteiger partial charge < -0.3 is 0 Å². The molecule has 0 saturated carbocycles. The zero-order chi connectivity index (χ0) is 11.5. The summed E-state index contributed by atoms with van der Waals surface area (Å²) in [5.74, 6) is -0.620. The fraction of sp³-hybridized carbons (Fsp3) is 0.333. The third kappa shape index (κ3) is 4.42. The van der Waals surface area contributed by atoms with E-state index in [1.165, 1.54) is 18.2 Å². The van der Waals surface area contributed by atoms with E-state index in [0.29, 0.717) is 4.90 Å². The lowest BCUT2D eigenvalue weighted by molar-refractivity contribution is -0.122. The van der Waals surface area contributed by atoms with Crippen molar-refractivity contribution in [2.24, 2.45) is 0 Å². The molecule has 0 amide bonds. The van der Waals surface area contributed by atoms with Gasteiger partial charge in [0.15, 0.2) is 0 Å². The number of rotatable bonds is 3. The summed E-state index contributed by atoms with van der Waals surface area (Å²) in [5.41, 5.74) is 0. The third-order valence-electron chi connectivity index (χ3n) is 1.55. The van der Waals surface area contributed by atoms with E-state index in [2.05, 4.69) is 15.9 Å². The molecule has 15 heavy (non-hydrogen) atoms. The van der Waals surface area contributed by atoms with Crippen LogP contribution in [0.2, 0.25) is 0 Å². The molecule has 0 spiro atoms. The van der Waals surface area contributed by atoms with E-state index >= 15 is 0 Å². The molecule has 1 aromatic rings. The van der Waals surface area contributed by atoms with Gasteiger partial charge in [-0.3, -0.25) is 0 Å².